The molecule has 0 aliphatic heterocycles. The lowest BCUT2D eigenvalue weighted by atomic mass is 9.95. The topological polar surface area (TPSA) is 68.0 Å². The number of anilines is 1. The Morgan fingerprint density at radius 1 is 1.00 bits per heavy atom. The molecule has 2 aromatic heterocycles. The number of amides is 1. The third-order valence-corrected chi connectivity index (χ3v) is 6.25. The van der Waals surface area contributed by atoms with Gasteiger partial charge in [0.2, 0.25) is 0 Å². The first kappa shape index (κ1) is 21.7. The molecule has 2 heterocycles. The van der Waals surface area contributed by atoms with Crippen molar-refractivity contribution in [1.29, 1.82) is 0 Å². The van der Waals surface area contributed by atoms with E-state index in [2.05, 4.69) is 10.3 Å². The van der Waals surface area contributed by atoms with Gasteiger partial charge in [0.15, 0.2) is 12.2 Å². The third-order valence-electron chi connectivity index (χ3n) is 5.39. The Morgan fingerprint density at radius 2 is 1.76 bits per heavy atom. The van der Waals surface area contributed by atoms with E-state index >= 15 is 0 Å². The average molecular weight is 474 g/mol. The van der Waals surface area contributed by atoms with Gasteiger partial charge in [0.25, 0.3) is 5.91 Å². The van der Waals surface area contributed by atoms with Crippen molar-refractivity contribution >= 4 is 22.9 Å². The fourth-order valence-corrected chi connectivity index (χ4v) is 4.65. The highest BCUT2D eigenvalue weighted by molar-refractivity contribution is 7.13. The van der Waals surface area contributed by atoms with Crippen molar-refractivity contribution in [3.63, 3.8) is 0 Å². The van der Waals surface area contributed by atoms with Gasteiger partial charge in [-0.1, -0.05) is 42.5 Å². The van der Waals surface area contributed by atoms with Gasteiger partial charge in [-0.05, 0) is 41.8 Å². The Hall–Kier alpha value is -4.17. The number of nitrogens with zero attached hydrogens (tertiary/aromatic N) is 2. The van der Waals surface area contributed by atoms with E-state index in [1.54, 1.807) is 12.3 Å². The van der Waals surface area contributed by atoms with Crippen molar-refractivity contribution < 1.29 is 18.0 Å². The Bertz CT molecular complexity index is 1460. The van der Waals surface area contributed by atoms with Crippen LogP contribution in [0.3, 0.4) is 0 Å². The van der Waals surface area contributed by atoms with E-state index in [4.69, 9.17) is 9.40 Å². The van der Waals surface area contributed by atoms with Crippen LogP contribution >= 0.6 is 11.3 Å². The molecular formula is C26H17F2N3O2S. The van der Waals surface area contributed by atoms with E-state index < -0.39 is 23.1 Å². The summed E-state index contributed by atoms with van der Waals surface area (Å²) in [7, 11) is 0. The molecule has 0 unspecified atom stereocenters. The zero-order valence-electron chi connectivity index (χ0n) is 17.9. The molecule has 5 rings (SSSR count). The second kappa shape index (κ2) is 8.99. The maximum absolute atomic E-state index is 14.1. The van der Waals surface area contributed by atoms with E-state index in [1.165, 1.54) is 23.8 Å². The van der Waals surface area contributed by atoms with Crippen molar-refractivity contribution in [1.82, 2.24) is 9.97 Å². The van der Waals surface area contributed by atoms with Crippen LogP contribution in [0, 0.1) is 18.6 Å². The molecule has 1 amide bonds. The van der Waals surface area contributed by atoms with E-state index in [-0.39, 0.29) is 0 Å². The lowest BCUT2D eigenvalue weighted by Gasteiger charge is -2.16. The zero-order valence-corrected chi connectivity index (χ0v) is 18.7. The molecule has 5 nitrogen and oxygen atoms in total. The standard InChI is InChI=1S/C26H17F2N3O2S/c1-15-20(30-25(32)24-18(27)8-5-9-19(24)28)11-10-17(16-6-3-2-4-7-16)23(15)26-31-21(13-34-26)22-12-29-14-33-22/h2-14H,1H3,(H,30,32). The molecule has 0 saturated carbocycles. The number of nitrogens with one attached hydrogen (secondary N) is 1. The summed E-state index contributed by atoms with van der Waals surface area (Å²) in [5.74, 6) is -2.17. The van der Waals surface area contributed by atoms with Crippen molar-refractivity contribution in [2.24, 2.45) is 0 Å². The van der Waals surface area contributed by atoms with E-state index in [9.17, 15) is 13.6 Å². The number of hydrogen-bond acceptors (Lipinski definition) is 5. The van der Waals surface area contributed by atoms with Gasteiger partial charge in [0.05, 0.1) is 6.20 Å². The minimum atomic E-state index is -0.923. The summed E-state index contributed by atoms with van der Waals surface area (Å²) in [6, 6.07) is 16.7. The predicted molar refractivity (Wildman–Crippen MR) is 128 cm³/mol. The van der Waals surface area contributed by atoms with Crippen LogP contribution in [0.5, 0.6) is 0 Å². The van der Waals surface area contributed by atoms with Gasteiger partial charge in [-0.25, -0.2) is 18.7 Å². The summed E-state index contributed by atoms with van der Waals surface area (Å²) < 4.78 is 33.7. The molecule has 0 radical (unpaired) electrons. The first-order chi connectivity index (χ1) is 16.5. The molecule has 0 spiro atoms. The lowest BCUT2D eigenvalue weighted by Crippen LogP contribution is -2.16. The fourth-order valence-electron chi connectivity index (χ4n) is 3.72. The highest BCUT2D eigenvalue weighted by Crippen LogP contribution is 2.40. The van der Waals surface area contributed by atoms with Crippen molar-refractivity contribution in [2.45, 2.75) is 6.92 Å². The van der Waals surface area contributed by atoms with Gasteiger partial charge >= 0.3 is 0 Å². The molecule has 5 aromatic rings. The van der Waals surface area contributed by atoms with Gasteiger partial charge < -0.3 is 9.73 Å². The summed E-state index contributed by atoms with van der Waals surface area (Å²) >= 11 is 1.42. The number of aromatic nitrogens is 2. The lowest BCUT2D eigenvalue weighted by molar-refractivity contribution is 0.101. The summed E-state index contributed by atoms with van der Waals surface area (Å²) in [4.78, 5) is 21.4. The second-order valence-electron chi connectivity index (χ2n) is 7.48. The van der Waals surface area contributed by atoms with Crippen LogP contribution in [-0.2, 0) is 0 Å². The number of rotatable bonds is 5. The SMILES string of the molecule is Cc1c(NC(=O)c2c(F)cccc2F)ccc(-c2ccccc2)c1-c1nc(-c2cnco2)cs1. The van der Waals surface area contributed by atoms with Crippen LogP contribution in [0.25, 0.3) is 33.2 Å². The monoisotopic (exact) mass is 473 g/mol. The van der Waals surface area contributed by atoms with Crippen LogP contribution in [0.1, 0.15) is 15.9 Å². The maximum atomic E-state index is 14.1. The Kier molecular flexibility index (Phi) is 5.73. The van der Waals surface area contributed by atoms with Crippen molar-refractivity contribution in [2.75, 3.05) is 5.32 Å². The number of hydrogen-bond donors (Lipinski definition) is 1. The molecule has 0 aliphatic rings. The summed E-state index contributed by atoms with van der Waals surface area (Å²) in [5, 5.41) is 5.23. The zero-order chi connectivity index (χ0) is 23.7. The number of carbonyl (C=O) groups is 1. The Morgan fingerprint density at radius 3 is 2.47 bits per heavy atom. The normalized spacial score (nSPS) is 10.9. The van der Waals surface area contributed by atoms with Crippen molar-refractivity contribution in [3.8, 4) is 33.2 Å². The number of oxazole rings is 1. The quantitative estimate of drug-likeness (QED) is 0.299. The average Bonchev–Trinajstić information content (AvgIpc) is 3.53. The molecule has 34 heavy (non-hydrogen) atoms. The maximum Gasteiger partial charge on any atom is 0.261 e. The fraction of sp³-hybridized carbons (Fsp3) is 0.0385. The summed E-state index contributed by atoms with van der Waals surface area (Å²) in [6.45, 7) is 1.84. The molecule has 0 atom stereocenters. The number of carbonyl (C=O) groups excluding carboxylic acids is 1. The molecule has 1 N–H and O–H groups in total. The predicted octanol–water partition coefficient (Wildman–Crippen LogP) is 6.97. The van der Waals surface area contributed by atoms with E-state index in [0.29, 0.717) is 27.7 Å². The largest absolute Gasteiger partial charge is 0.442 e. The molecule has 0 aliphatic carbocycles. The molecule has 168 valence electrons. The smallest absolute Gasteiger partial charge is 0.261 e. The third kappa shape index (κ3) is 3.99. The van der Waals surface area contributed by atoms with Crippen molar-refractivity contribution in [3.05, 3.63) is 101 Å². The highest BCUT2D eigenvalue weighted by Gasteiger charge is 2.21. The van der Waals surface area contributed by atoms with E-state index in [0.717, 1.165) is 28.8 Å². The molecule has 0 bridgehead atoms. The van der Waals surface area contributed by atoms with Gasteiger partial charge in [0.1, 0.15) is 27.9 Å². The summed E-state index contributed by atoms with van der Waals surface area (Å²) in [5.41, 5.74) is 3.83. The van der Waals surface area contributed by atoms with Crippen LogP contribution in [0.2, 0.25) is 0 Å². The first-order valence-corrected chi connectivity index (χ1v) is 11.2. The second-order valence-corrected chi connectivity index (χ2v) is 8.34. The molecule has 3 aromatic carbocycles. The van der Waals surface area contributed by atoms with E-state index in [1.807, 2.05) is 48.7 Å². The van der Waals surface area contributed by atoms with Gasteiger partial charge in [0, 0.05) is 16.6 Å². The van der Waals surface area contributed by atoms with Gasteiger partial charge in [-0.3, -0.25) is 4.79 Å². The summed E-state index contributed by atoms with van der Waals surface area (Å²) in [6.07, 6.45) is 2.93. The molecule has 8 heteroatoms. The van der Waals surface area contributed by atoms with Crippen LogP contribution < -0.4 is 5.32 Å². The number of benzene rings is 3. The number of halogens is 2. The minimum Gasteiger partial charge on any atom is -0.442 e. The first-order valence-electron chi connectivity index (χ1n) is 10.3. The van der Waals surface area contributed by atoms with Crippen LogP contribution in [0.4, 0.5) is 14.5 Å². The molecular weight excluding hydrogens is 456 g/mol. The van der Waals surface area contributed by atoms with Crippen LogP contribution in [-0.4, -0.2) is 15.9 Å². The highest BCUT2D eigenvalue weighted by atomic mass is 32.1. The van der Waals surface area contributed by atoms with Gasteiger partial charge in [-0.2, -0.15) is 0 Å². The minimum absolute atomic E-state index is 0.429. The van der Waals surface area contributed by atoms with Gasteiger partial charge in [-0.15, -0.1) is 11.3 Å². The Balaban J connectivity index is 1.61. The molecule has 0 fully saturated rings. The molecule has 0 saturated heterocycles. The Labute approximate surface area is 197 Å². The van der Waals surface area contributed by atoms with Crippen LogP contribution in [0.15, 0.2) is 83.1 Å². The number of thiazole rings is 1.